The van der Waals surface area contributed by atoms with Crippen molar-refractivity contribution in [2.75, 3.05) is 0 Å². The second-order valence-electron chi connectivity index (χ2n) is 5.34. The van der Waals surface area contributed by atoms with Crippen molar-refractivity contribution in [2.45, 2.75) is 46.0 Å². The van der Waals surface area contributed by atoms with E-state index >= 15 is 0 Å². The zero-order valence-corrected chi connectivity index (χ0v) is 11.8. The molecule has 1 aromatic heterocycles. The van der Waals surface area contributed by atoms with E-state index in [2.05, 4.69) is 67.8 Å². The number of benzene rings is 1. The van der Waals surface area contributed by atoms with Gasteiger partial charge in [-0.3, -0.25) is 0 Å². The van der Waals surface area contributed by atoms with Crippen LogP contribution < -0.4 is 0 Å². The molecule has 18 heavy (non-hydrogen) atoms. The van der Waals surface area contributed by atoms with Gasteiger partial charge < -0.3 is 0 Å². The van der Waals surface area contributed by atoms with E-state index in [4.69, 9.17) is 0 Å². The molecule has 2 nitrogen and oxygen atoms in total. The summed E-state index contributed by atoms with van der Waals surface area (Å²) in [6.45, 7) is 8.99. The van der Waals surface area contributed by atoms with E-state index in [1.165, 1.54) is 16.9 Å². The fraction of sp³-hybridized carbons (Fsp3) is 0.438. The van der Waals surface area contributed by atoms with Gasteiger partial charge in [0.15, 0.2) is 0 Å². The third kappa shape index (κ3) is 2.20. The maximum Gasteiger partial charge on any atom is 0.0686 e. The number of hydrogen-bond acceptors (Lipinski definition) is 1. The Morgan fingerprint density at radius 1 is 1.11 bits per heavy atom. The van der Waals surface area contributed by atoms with Gasteiger partial charge in [-0.15, -0.1) is 0 Å². The lowest BCUT2D eigenvalue weighted by Crippen LogP contribution is -2.19. The van der Waals surface area contributed by atoms with Crippen LogP contribution in [0.4, 0.5) is 0 Å². The minimum atomic E-state index is 0.174. The molecule has 0 aliphatic rings. The van der Waals surface area contributed by atoms with E-state index in [1.807, 2.05) is 6.20 Å². The summed E-state index contributed by atoms with van der Waals surface area (Å²) in [6.07, 6.45) is 4.00. The first-order chi connectivity index (χ1) is 8.60. The Labute approximate surface area is 110 Å². The molecule has 1 heterocycles. The van der Waals surface area contributed by atoms with Crippen LogP contribution in [0.15, 0.2) is 36.5 Å². The molecule has 0 atom stereocenters. The molecule has 0 spiro atoms. The van der Waals surface area contributed by atoms with E-state index in [0.717, 1.165) is 12.8 Å². The normalized spacial score (nSPS) is 11.8. The maximum atomic E-state index is 4.48. The van der Waals surface area contributed by atoms with Crippen LogP contribution in [0.5, 0.6) is 0 Å². The highest BCUT2D eigenvalue weighted by molar-refractivity contribution is 5.45. The van der Waals surface area contributed by atoms with Gasteiger partial charge in [0.2, 0.25) is 0 Å². The largest absolute Gasteiger partial charge is 0.238 e. The number of nitrogens with zero attached hydrogens (tertiary/aromatic N) is 2. The molecule has 0 aliphatic carbocycles. The lowest BCUT2D eigenvalue weighted by atomic mass is 9.81. The molecule has 0 amide bonds. The van der Waals surface area contributed by atoms with Gasteiger partial charge >= 0.3 is 0 Å². The van der Waals surface area contributed by atoms with Crippen molar-refractivity contribution in [1.82, 2.24) is 9.78 Å². The zero-order valence-electron chi connectivity index (χ0n) is 11.8. The summed E-state index contributed by atoms with van der Waals surface area (Å²) in [4.78, 5) is 0. The van der Waals surface area contributed by atoms with Gasteiger partial charge in [-0.1, -0.05) is 45.9 Å². The first kappa shape index (κ1) is 12.9. The highest BCUT2D eigenvalue weighted by atomic mass is 15.3. The van der Waals surface area contributed by atoms with E-state index in [1.54, 1.807) is 0 Å². The molecule has 0 fully saturated rings. The summed E-state index contributed by atoms with van der Waals surface area (Å²) < 4.78 is 2.08. The fourth-order valence-corrected chi connectivity index (χ4v) is 2.24. The third-order valence-electron chi connectivity index (χ3n) is 3.83. The smallest absolute Gasteiger partial charge is 0.0686 e. The summed E-state index contributed by atoms with van der Waals surface area (Å²) in [7, 11) is 0. The van der Waals surface area contributed by atoms with E-state index in [0.29, 0.717) is 0 Å². The van der Waals surface area contributed by atoms with Crippen LogP contribution in [0.25, 0.3) is 5.69 Å². The standard InChI is InChI=1S/C16H22N2/c1-5-13-11-12-17-18(13)15-10-8-7-9-14(15)16(3,4)6-2/h7-12H,5-6H2,1-4H3. The molecule has 0 aliphatic heterocycles. The Balaban J connectivity index is 2.59. The highest BCUT2D eigenvalue weighted by Gasteiger charge is 2.22. The number of aryl methyl sites for hydroxylation is 1. The zero-order chi connectivity index (χ0) is 13.2. The monoisotopic (exact) mass is 242 g/mol. The number of aromatic nitrogens is 2. The van der Waals surface area contributed by atoms with Crippen LogP contribution in [0.2, 0.25) is 0 Å². The van der Waals surface area contributed by atoms with Crippen LogP contribution in [0, 0.1) is 0 Å². The molecule has 0 radical (unpaired) electrons. The molecule has 0 bridgehead atoms. The minimum Gasteiger partial charge on any atom is -0.238 e. The number of rotatable bonds is 4. The van der Waals surface area contributed by atoms with E-state index in [-0.39, 0.29) is 5.41 Å². The van der Waals surface area contributed by atoms with Crippen molar-refractivity contribution in [1.29, 1.82) is 0 Å². The highest BCUT2D eigenvalue weighted by Crippen LogP contribution is 2.31. The Hall–Kier alpha value is -1.57. The molecule has 1 aromatic carbocycles. The van der Waals surface area contributed by atoms with Crippen molar-refractivity contribution in [2.24, 2.45) is 0 Å². The third-order valence-corrected chi connectivity index (χ3v) is 3.83. The summed E-state index contributed by atoms with van der Waals surface area (Å²) in [5.41, 5.74) is 4.01. The summed E-state index contributed by atoms with van der Waals surface area (Å²) in [5, 5.41) is 4.48. The molecule has 0 unspecified atom stereocenters. The average Bonchev–Trinajstić information content (AvgIpc) is 2.87. The van der Waals surface area contributed by atoms with Crippen LogP contribution >= 0.6 is 0 Å². The Kier molecular flexibility index (Phi) is 3.55. The fourth-order valence-electron chi connectivity index (χ4n) is 2.24. The molecule has 0 saturated carbocycles. The first-order valence-electron chi connectivity index (χ1n) is 6.73. The molecule has 2 heteroatoms. The van der Waals surface area contributed by atoms with Crippen molar-refractivity contribution in [3.63, 3.8) is 0 Å². The molecule has 96 valence electrons. The summed E-state index contributed by atoms with van der Waals surface area (Å²) in [6, 6.07) is 10.7. The minimum absolute atomic E-state index is 0.174. The molecule has 2 rings (SSSR count). The van der Waals surface area contributed by atoms with Gasteiger partial charge in [-0.05, 0) is 36.0 Å². The van der Waals surface area contributed by atoms with E-state index < -0.39 is 0 Å². The van der Waals surface area contributed by atoms with Gasteiger partial charge in [-0.25, -0.2) is 4.68 Å². The molecular formula is C16H22N2. The molecule has 0 N–H and O–H groups in total. The van der Waals surface area contributed by atoms with Gasteiger partial charge in [0.1, 0.15) is 0 Å². The van der Waals surface area contributed by atoms with Gasteiger partial charge in [-0.2, -0.15) is 5.10 Å². The number of para-hydroxylation sites is 1. The summed E-state index contributed by atoms with van der Waals surface area (Å²) in [5.74, 6) is 0. The lowest BCUT2D eigenvalue weighted by molar-refractivity contribution is 0.502. The lowest BCUT2D eigenvalue weighted by Gasteiger charge is -2.26. The predicted octanol–water partition coefficient (Wildman–Crippen LogP) is 4.12. The summed E-state index contributed by atoms with van der Waals surface area (Å²) >= 11 is 0. The van der Waals surface area contributed by atoms with E-state index in [9.17, 15) is 0 Å². The van der Waals surface area contributed by atoms with Gasteiger partial charge in [0, 0.05) is 11.9 Å². The molecule has 2 aromatic rings. The van der Waals surface area contributed by atoms with Crippen molar-refractivity contribution in [3.05, 3.63) is 47.8 Å². The Bertz CT molecular complexity index is 523. The average molecular weight is 242 g/mol. The Morgan fingerprint density at radius 2 is 1.83 bits per heavy atom. The quantitative estimate of drug-likeness (QED) is 0.788. The van der Waals surface area contributed by atoms with Crippen molar-refractivity contribution < 1.29 is 0 Å². The van der Waals surface area contributed by atoms with Crippen molar-refractivity contribution in [3.8, 4) is 5.69 Å². The molecular weight excluding hydrogens is 220 g/mol. The predicted molar refractivity (Wildman–Crippen MR) is 76.3 cm³/mol. The van der Waals surface area contributed by atoms with Crippen molar-refractivity contribution >= 4 is 0 Å². The SMILES string of the molecule is CCc1ccnn1-c1ccccc1C(C)(C)CC. The Morgan fingerprint density at radius 3 is 2.50 bits per heavy atom. The molecule has 0 saturated heterocycles. The number of hydrogen-bond donors (Lipinski definition) is 0. The van der Waals surface area contributed by atoms with Gasteiger partial charge in [0.25, 0.3) is 0 Å². The second-order valence-corrected chi connectivity index (χ2v) is 5.34. The second kappa shape index (κ2) is 4.97. The van der Waals surface area contributed by atoms with Crippen LogP contribution in [0.3, 0.4) is 0 Å². The van der Waals surface area contributed by atoms with Crippen LogP contribution in [-0.2, 0) is 11.8 Å². The topological polar surface area (TPSA) is 17.8 Å². The van der Waals surface area contributed by atoms with Crippen LogP contribution in [0.1, 0.15) is 45.4 Å². The van der Waals surface area contributed by atoms with Gasteiger partial charge in [0.05, 0.1) is 5.69 Å². The first-order valence-corrected chi connectivity index (χ1v) is 6.73. The van der Waals surface area contributed by atoms with Crippen LogP contribution in [-0.4, -0.2) is 9.78 Å². The maximum absolute atomic E-state index is 4.48.